The van der Waals surface area contributed by atoms with Crippen LogP contribution in [0, 0.1) is 0 Å². The average molecular weight is 255 g/mol. The van der Waals surface area contributed by atoms with Crippen molar-refractivity contribution in [3.8, 4) is 0 Å². The molecule has 0 bridgehead atoms. The fourth-order valence-electron chi connectivity index (χ4n) is 2.86. The first kappa shape index (κ1) is 12.4. The van der Waals surface area contributed by atoms with Crippen LogP contribution < -0.4 is 5.32 Å². The van der Waals surface area contributed by atoms with Crippen molar-refractivity contribution >= 4 is 0 Å². The molecule has 3 nitrogen and oxygen atoms in total. The summed E-state index contributed by atoms with van der Waals surface area (Å²) in [7, 11) is 0. The van der Waals surface area contributed by atoms with Crippen molar-refractivity contribution < 1.29 is 0 Å². The second-order valence-corrected chi connectivity index (χ2v) is 6.22. The van der Waals surface area contributed by atoms with E-state index >= 15 is 0 Å². The number of hydrogen-bond acceptors (Lipinski definition) is 2. The van der Waals surface area contributed by atoms with E-state index in [2.05, 4.69) is 72.4 Å². The van der Waals surface area contributed by atoms with Gasteiger partial charge in [-0.25, -0.2) is 0 Å². The molecule has 1 N–H and O–H groups in total. The lowest BCUT2D eigenvalue weighted by Gasteiger charge is -2.28. The zero-order valence-electron chi connectivity index (χ0n) is 11.9. The first-order chi connectivity index (χ1) is 9.07. The second-order valence-electron chi connectivity index (χ2n) is 6.22. The number of hydrogen-bond donors (Lipinski definition) is 1. The molecule has 0 radical (unpaired) electrons. The van der Waals surface area contributed by atoms with Gasteiger partial charge in [-0.3, -0.25) is 4.68 Å². The van der Waals surface area contributed by atoms with Gasteiger partial charge in [-0.05, 0) is 26.3 Å². The Labute approximate surface area is 114 Å². The highest BCUT2D eigenvalue weighted by Gasteiger charge is 2.28. The molecule has 2 heterocycles. The van der Waals surface area contributed by atoms with E-state index in [0.29, 0.717) is 5.92 Å². The highest BCUT2D eigenvalue weighted by Crippen LogP contribution is 2.31. The Bertz CT molecular complexity index is 563. The van der Waals surface area contributed by atoms with Crippen molar-refractivity contribution in [2.24, 2.45) is 0 Å². The lowest BCUT2D eigenvalue weighted by atomic mass is 9.89. The normalized spacial score (nSPS) is 19.2. The van der Waals surface area contributed by atoms with Crippen molar-refractivity contribution in [1.82, 2.24) is 15.1 Å². The van der Waals surface area contributed by atoms with E-state index < -0.39 is 0 Å². The Hall–Kier alpha value is -1.61. The molecule has 0 spiro atoms. The lowest BCUT2D eigenvalue weighted by molar-refractivity contribution is 0.336. The molecule has 1 unspecified atom stereocenters. The summed E-state index contributed by atoms with van der Waals surface area (Å²) < 4.78 is 2.16. The first-order valence-electron chi connectivity index (χ1n) is 6.90. The molecule has 1 atom stereocenters. The second kappa shape index (κ2) is 4.49. The molecule has 3 rings (SSSR count). The standard InChI is InChI=1S/C16H21N3/c1-16(2,3)19-15-11-17-9-13(14(15)10-18-19)12-7-5-4-6-8-12/h4-8,10,13,17H,9,11H2,1-3H3. The summed E-state index contributed by atoms with van der Waals surface area (Å²) in [5.74, 6) is 0.418. The van der Waals surface area contributed by atoms with Crippen LogP contribution in [0.3, 0.4) is 0 Å². The maximum atomic E-state index is 4.62. The SMILES string of the molecule is CC(C)(C)n1ncc2c1CNCC2c1ccccc1. The molecule has 0 aliphatic carbocycles. The van der Waals surface area contributed by atoms with E-state index in [9.17, 15) is 0 Å². The molecule has 0 amide bonds. The molecule has 0 saturated carbocycles. The summed E-state index contributed by atoms with van der Waals surface area (Å²) in [5, 5.41) is 8.15. The van der Waals surface area contributed by atoms with E-state index in [4.69, 9.17) is 0 Å². The molecular weight excluding hydrogens is 234 g/mol. The average Bonchev–Trinajstić information content (AvgIpc) is 2.83. The van der Waals surface area contributed by atoms with E-state index in [1.807, 2.05) is 0 Å². The minimum absolute atomic E-state index is 0.0356. The predicted molar refractivity (Wildman–Crippen MR) is 77.2 cm³/mol. The Balaban J connectivity index is 2.05. The van der Waals surface area contributed by atoms with Crippen molar-refractivity contribution in [3.63, 3.8) is 0 Å². The first-order valence-corrected chi connectivity index (χ1v) is 6.90. The minimum Gasteiger partial charge on any atom is -0.310 e. The Morgan fingerprint density at radius 2 is 1.95 bits per heavy atom. The summed E-state index contributed by atoms with van der Waals surface area (Å²) in [6.45, 7) is 8.51. The van der Waals surface area contributed by atoms with Gasteiger partial charge >= 0.3 is 0 Å². The monoisotopic (exact) mass is 255 g/mol. The summed E-state index contributed by atoms with van der Waals surface area (Å²) in [4.78, 5) is 0. The Morgan fingerprint density at radius 1 is 1.21 bits per heavy atom. The molecule has 1 aromatic heterocycles. The third kappa shape index (κ3) is 2.19. The van der Waals surface area contributed by atoms with Crippen LogP contribution in [0.15, 0.2) is 36.5 Å². The minimum atomic E-state index is 0.0356. The summed E-state index contributed by atoms with van der Waals surface area (Å²) in [6.07, 6.45) is 2.05. The zero-order valence-corrected chi connectivity index (χ0v) is 11.9. The van der Waals surface area contributed by atoms with Crippen LogP contribution >= 0.6 is 0 Å². The number of rotatable bonds is 1. The molecule has 3 heteroatoms. The fraction of sp³-hybridized carbons (Fsp3) is 0.438. The van der Waals surface area contributed by atoms with Gasteiger partial charge < -0.3 is 5.32 Å². The van der Waals surface area contributed by atoms with Gasteiger partial charge in [0.25, 0.3) is 0 Å². The highest BCUT2D eigenvalue weighted by molar-refractivity contribution is 5.36. The van der Waals surface area contributed by atoms with Crippen molar-refractivity contribution in [3.05, 3.63) is 53.3 Å². The van der Waals surface area contributed by atoms with E-state index in [1.165, 1.54) is 16.8 Å². The summed E-state index contributed by atoms with van der Waals surface area (Å²) >= 11 is 0. The van der Waals surface area contributed by atoms with Gasteiger partial charge in [0.1, 0.15) is 0 Å². The Kier molecular flexibility index (Phi) is 2.94. The topological polar surface area (TPSA) is 29.9 Å². The third-order valence-electron chi connectivity index (χ3n) is 3.75. The van der Waals surface area contributed by atoms with Crippen molar-refractivity contribution in [2.45, 2.75) is 38.8 Å². The van der Waals surface area contributed by atoms with Crippen molar-refractivity contribution in [2.75, 3.05) is 6.54 Å². The van der Waals surface area contributed by atoms with Crippen LogP contribution in [0.2, 0.25) is 0 Å². The summed E-state index contributed by atoms with van der Waals surface area (Å²) in [6, 6.07) is 10.7. The highest BCUT2D eigenvalue weighted by atomic mass is 15.3. The smallest absolute Gasteiger partial charge is 0.0567 e. The summed E-state index contributed by atoms with van der Waals surface area (Å²) in [5.41, 5.74) is 4.10. The van der Waals surface area contributed by atoms with E-state index in [0.717, 1.165) is 13.1 Å². The lowest BCUT2D eigenvalue weighted by Crippen LogP contribution is -2.33. The number of benzene rings is 1. The molecule has 2 aromatic rings. The van der Waals surface area contributed by atoms with Crippen molar-refractivity contribution in [1.29, 1.82) is 0 Å². The van der Waals surface area contributed by atoms with Gasteiger partial charge in [0.15, 0.2) is 0 Å². The molecule has 1 aromatic carbocycles. The number of nitrogens with one attached hydrogen (secondary N) is 1. The van der Waals surface area contributed by atoms with Gasteiger partial charge in [0.05, 0.1) is 17.4 Å². The van der Waals surface area contributed by atoms with Crippen LogP contribution in [-0.4, -0.2) is 16.3 Å². The molecule has 0 saturated heterocycles. The van der Waals surface area contributed by atoms with E-state index in [1.54, 1.807) is 0 Å². The zero-order chi connectivity index (χ0) is 13.5. The van der Waals surface area contributed by atoms with Crippen LogP contribution in [0.25, 0.3) is 0 Å². The maximum absolute atomic E-state index is 4.62. The third-order valence-corrected chi connectivity index (χ3v) is 3.75. The Morgan fingerprint density at radius 3 is 2.63 bits per heavy atom. The van der Waals surface area contributed by atoms with Crippen LogP contribution in [0.5, 0.6) is 0 Å². The molecule has 1 aliphatic heterocycles. The number of nitrogens with zero attached hydrogens (tertiary/aromatic N) is 2. The molecule has 1 aliphatic rings. The van der Waals surface area contributed by atoms with Gasteiger partial charge in [-0.2, -0.15) is 5.10 Å². The van der Waals surface area contributed by atoms with E-state index in [-0.39, 0.29) is 5.54 Å². The predicted octanol–water partition coefficient (Wildman–Crippen LogP) is 2.87. The van der Waals surface area contributed by atoms with Gasteiger partial charge in [0.2, 0.25) is 0 Å². The van der Waals surface area contributed by atoms with Crippen LogP contribution in [0.4, 0.5) is 0 Å². The number of aromatic nitrogens is 2. The van der Waals surface area contributed by atoms with Crippen LogP contribution in [0.1, 0.15) is 43.5 Å². The maximum Gasteiger partial charge on any atom is 0.0567 e. The fourth-order valence-corrected chi connectivity index (χ4v) is 2.86. The molecule has 19 heavy (non-hydrogen) atoms. The molecular formula is C16H21N3. The number of fused-ring (bicyclic) bond motifs is 1. The van der Waals surface area contributed by atoms with Gasteiger partial charge in [0, 0.05) is 24.6 Å². The largest absolute Gasteiger partial charge is 0.310 e. The quantitative estimate of drug-likeness (QED) is 0.849. The van der Waals surface area contributed by atoms with Gasteiger partial charge in [-0.1, -0.05) is 30.3 Å². The van der Waals surface area contributed by atoms with Crippen LogP contribution in [-0.2, 0) is 12.1 Å². The molecule has 100 valence electrons. The molecule has 0 fully saturated rings. The van der Waals surface area contributed by atoms with Gasteiger partial charge in [-0.15, -0.1) is 0 Å².